The van der Waals surface area contributed by atoms with Crippen LogP contribution < -0.4 is 10.6 Å². The second-order valence-electron chi connectivity index (χ2n) is 1.49. The molecule has 2 N–H and O–H groups in total. The van der Waals surface area contributed by atoms with E-state index in [1.54, 1.807) is 13.3 Å². The minimum absolute atomic E-state index is 0.333. The smallest absolute Gasteiger partial charge is 0.183 e. The molecule has 0 aliphatic carbocycles. The lowest BCUT2D eigenvalue weighted by molar-refractivity contribution is 0.204. The lowest BCUT2D eigenvalue weighted by atomic mass is 10.7. The molecule has 0 rings (SSSR count). The fourth-order valence-corrected chi connectivity index (χ4v) is 0.509. The van der Waals surface area contributed by atoms with Gasteiger partial charge >= 0.3 is 0 Å². The molecule has 0 saturated heterocycles. The molecule has 0 aromatic rings. The number of nitriles is 1. The Balaban J connectivity index is 3.15. The van der Waals surface area contributed by atoms with Gasteiger partial charge in [-0.1, -0.05) is 0 Å². The molecule has 10 heavy (non-hydrogen) atoms. The van der Waals surface area contributed by atoms with E-state index in [4.69, 9.17) is 10.00 Å². The van der Waals surface area contributed by atoms with Gasteiger partial charge in [-0.2, -0.15) is 5.26 Å². The summed E-state index contributed by atoms with van der Waals surface area (Å²) in [5, 5.41) is 13.4. The number of thiocarbonyl (C=S) groups is 1. The number of ether oxygens (including phenoxy) is 1. The van der Waals surface area contributed by atoms with Crippen LogP contribution in [0.5, 0.6) is 0 Å². The molecule has 0 amide bonds. The van der Waals surface area contributed by atoms with Gasteiger partial charge in [0.2, 0.25) is 0 Å². The summed E-state index contributed by atoms with van der Waals surface area (Å²) in [7, 11) is 1.60. The summed E-state index contributed by atoms with van der Waals surface area (Å²) in [6.45, 7) is 1.19. The summed E-state index contributed by atoms with van der Waals surface area (Å²) in [4.78, 5) is 0. The third kappa shape index (κ3) is 5.28. The van der Waals surface area contributed by atoms with Crippen molar-refractivity contribution in [2.75, 3.05) is 20.3 Å². The first-order chi connectivity index (χ1) is 4.81. The Labute approximate surface area is 65.2 Å². The molecule has 0 bridgehead atoms. The Bertz CT molecular complexity index is 142. The maximum atomic E-state index is 8.07. The first-order valence-electron chi connectivity index (χ1n) is 2.73. The van der Waals surface area contributed by atoms with Gasteiger partial charge < -0.3 is 10.1 Å². The van der Waals surface area contributed by atoms with Crippen molar-refractivity contribution in [3.05, 3.63) is 0 Å². The van der Waals surface area contributed by atoms with Gasteiger partial charge in [0.15, 0.2) is 11.3 Å². The maximum Gasteiger partial charge on any atom is 0.183 e. The molecule has 0 heterocycles. The second kappa shape index (κ2) is 6.26. The molecule has 0 spiro atoms. The van der Waals surface area contributed by atoms with Gasteiger partial charge in [-0.15, -0.1) is 0 Å². The van der Waals surface area contributed by atoms with Crippen molar-refractivity contribution in [1.29, 1.82) is 5.26 Å². The molecular formula is C5H9N3OS. The number of nitrogens with zero attached hydrogens (tertiary/aromatic N) is 1. The van der Waals surface area contributed by atoms with Crippen LogP contribution in [0.4, 0.5) is 0 Å². The summed E-state index contributed by atoms with van der Waals surface area (Å²) in [6, 6.07) is 0. The Morgan fingerprint density at radius 1 is 1.80 bits per heavy atom. The lowest BCUT2D eigenvalue weighted by Crippen LogP contribution is -2.34. The highest BCUT2D eigenvalue weighted by atomic mass is 32.1. The third-order valence-electron chi connectivity index (χ3n) is 0.761. The standard InChI is InChI=1S/C5H9N3OS/c1-9-3-2-7-5(10)8-4-6/h2-3H2,1H3,(H2,7,8,10). The molecule has 4 nitrogen and oxygen atoms in total. The minimum atomic E-state index is 0.333. The van der Waals surface area contributed by atoms with Crippen molar-refractivity contribution in [2.24, 2.45) is 0 Å². The molecule has 5 heteroatoms. The lowest BCUT2D eigenvalue weighted by Gasteiger charge is -2.02. The molecule has 0 aromatic carbocycles. The van der Waals surface area contributed by atoms with E-state index in [1.807, 2.05) is 0 Å². The van der Waals surface area contributed by atoms with Crippen LogP contribution in [-0.4, -0.2) is 25.4 Å². The minimum Gasteiger partial charge on any atom is -0.383 e. The van der Waals surface area contributed by atoms with Crippen molar-refractivity contribution in [3.63, 3.8) is 0 Å². The Morgan fingerprint density at radius 2 is 2.50 bits per heavy atom. The molecule has 0 fully saturated rings. The molecule has 0 aliphatic rings. The van der Waals surface area contributed by atoms with Crippen LogP contribution >= 0.6 is 12.2 Å². The molecular weight excluding hydrogens is 150 g/mol. The van der Waals surface area contributed by atoms with Crippen LogP contribution in [0, 0.1) is 11.5 Å². The van der Waals surface area contributed by atoms with Crippen LogP contribution in [0.2, 0.25) is 0 Å². The summed E-state index contributed by atoms with van der Waals surface area (Å²) < 4.78 is 4.74. The fourth-order valence-electron chi connectivity index (χ4n) is 0.362. The number of nitrogens with one attached hydrogen (secondary N) is 2. The zero-order valence-corrected chi connectivity index (χ0v) is 6.49. The predicted octanol–water partition coefficient (Wildman–Crippen LogP) is -0.422. The Kier molecular flexibility index (Phi) is 5.72. The second-order valence-corrected chi connectivity index (χ2v) is 1.89. The van der Waals surface area contributed by atoms with Crippen LogP contribution in [-0.2, 0) is 4.74 Å². The van der Waals surface area contributed by atoms with Crippen LogP contribution in [0.3, 0.4) is 0 Å². The third-order valence-corrected chi connectivity index (χ3v) is 1.01. The van der Waals surface area contributed by atoms with Gasteiger partial charge in [0.1, 0.15) is 0 Å². The van der Waals surface area contributed by atoms with Crippen molar-refractivity contribution in [2.45, 2.75) is 0 Å². The molecule has 0 aromatic heterocycles. The first kappa shape index (κ1) is 9.14. The number of rotatable bonds is 3. The van der Waals surface area contributed by atoms with E-state index < -0.39 is 0 Å². The van der Waals surface area contributed by atoms with Gasteiger partial charge in [-0.3, -0.25) is 5.32 Å². The summed E-state index contributed by atoms with van der Waals surface area (Å²) in [5.41, 5.74) is 0. The van der Waals surface area contributed by atoms with Crippen molar-refractivity contribution < 1.29 is 4.74 Å². The summed E-state index contributed by atoms with van der Waals surface area (Å²) >= 11 is 4.67. The SMILES string of the molecule is COCCNC(=S)NC#N. The number of methoxy groups -OCH3 is 1. The van der Waals surface area contributed by atoms with Crippen molar-refractivity contribution in [1.82, 2.24) is 10.6 Å². The summed E-state index contributed by atoms with van der Waals surface area (Å²) in [6.07, 6.45) is 1.70. The molecule has 0 aliphatic heterocycles. The van der Waals surface area contributed by atoms with E-state index in [9.17, 15) is 0 Å². The van der Waals surface area contributed by atoms with E-state index in [-0.39, 0.29) is 0 Å². The van der Waals surface area contributed by atoms with E-state index in [2.05, 4.69) is 22.9 Å². The van der Waals surface area contributed by atoms with Gasteiger partial charge in [-0.25, -0.2) is 0 Å². The van der Waals surface area contributed by atoms with Crippen LogP contribution in [0.15, 0.2) is 0 Å². The Hall–Kier alpha value is -0.860. The van der Waals surface area contributed by atoms with Crippen molar-refractivity contribution >= 4 is 17.3 Å². The van der Waals surface area contributed by atoms with Gasteiger partial charge in [0.05, 0.1) is 6.61 Å². The topological polar surface area (TPSA) is 57.1 Å². The monoisotopic (exact) mass is 159 g/mol. The van der Waals surface area contributed by atoms with E-state index in [1.165, 1.54) is 0 Å². The highest BCUT2D eigenvalue weighted by molar-refractivity contribution is 7.80. The highest BCUT2D eigenvalue weighted by Gasteiger charge is 1.89. The molecule has 0 saturated carbocycles. The quantitative estimate of drug-likeness (QED) is 0.253. The van der Waals surface area contributed by atoms with Crippen LogP contribution in [0.1, 0.15) is 0 Å². The van der Waals surface area contributed by atoms with E-state index >= 15 is 0 Å². The van der Waals surface area contributed by atoms with Gasteiger partial charge in [0, 0.05) is 13.7 Å². The molecule has 0 atom stereocenters. The molecule has 0 radical (unpaired) electrons. The highest BCUT2D eigenvalue weighted by Crippen LogP contribution is 1.66. The maximum absolute atomic E-state index is 8.07. The average molecular weight is 159 g/mol. The largest absolute Gasteiger partial charge is 0.383 e. The van der Waals surface area contributed by atoms with Gasteiger partial charge in [0.25, 0.3) is 0 Å². The fraction of sp³-hybridized carbons (Fsp3) is 0.600. The average Bonchev–Trinajstić information content (AvgIpc) is 1.89. The van der Waals surface area contributed by atoms with Crippen LogP contribution in [0.25, 0.3) is 0 Å². The van der Waals surface area contributed by atoms with E-state index in [0.717, 1.165) is 0 Å². The van der Waals surface area contributed by atoms with Crippen molar-refractivity contribution in [3.8, 4) is 6.19 Å². The Morgan fingerprint density at radius 3 is 3.00 bits per heavy atom. The zero-order chi connectivity index (χ0) is 7.82. The predicted molar refractivity (Wildman–Crippen MR) is 41.2 cm³/mol. The summed E-state index contributed by atoms with van der Waals surface area (Å²) in [5.74, 6) is 0. The van der Waals surface area contributed by atoms with Gasteiger partial charge in [-0.05, 0) is 12.2 Å². The zero-order valence-electron chi connectivity index (χ0n) is 5.68. The first-order valence-corrected chi connectivity index (χ1v) is 3.14. The number of hydrogen-bond donors (Lipinski definition) is 2. The number of hydrogen-bond acceptors (Lipinski definition) is 3. The molecule has 0 unspecified atom stereocenters. The normalized spacial score (nSPS) is 8.00. The molecule has 56 valence electrons. The van der Waals surface area contributed by atoms with E-state index in [0.29, 0.717) is 18.3 Å².